The van der Waals surface area contributed by atoms with E-state index in [1.54, 1.807) is 0 Å². The van der Waals surface area contributed by atoms with Crippen LogP contribution in [-0.4, -0.2) is 62.3 Å². The molecule has 0 saturated carbocycles. The summed E-state index contributed by atoms with van der Waals surface area (Å²) in [5, 5.41) is 0. The van der Waals surface area contributed by atoms with Crippen molar-refractivity contribution >= 4 is 0 Å². The van der Waals surface area contributed by atoms with Crippen LogP contribution in [0.3, 0.4) is 0 Å². The fraction of sp³-hybridized carbons (Fsp3) is 1.00. The van der Waals surface area contributed by atoms with Crippen LogP contribution in [0, 0.1) is 5.92 Å². The molecule has 0 bridgehead atoms. The van der Waals surface area contributed by atoms with Crippen molar-refractivity contribution < 1.29 is 4.74 Å². The summed E-state index contributed by atoms with van der Waals surface area (Å²) in [5.41, 5.74) is 0. The molecule has 2 rings (SSSR count). The molecule has 0 amide bonds. The van der Waals surface area contributed by atoms with Crippen molar-refractivity contribution in [2.45, 2.75) is 19.8 Å². The van der Waals surface area contributed by atoms with Gasteiger partial charge in [-0.1, -0.05) is 6.92 Å². The van der Waals surface area contributed by atoms with E-state index in [0.29, 0.717) is 0 Å². The third-order valence-electron chi connectivity index (χ3n) is 3.58. The summed E-state index contributed by atoms with van der Waals surface area (Å²) in [6, 6.07) is 0. The van der Waals surface area contributed by atoms with Crippen LogP contribution in [0.2, 0.25) is 0 Å². The van der Waals surface area contributed by atoms with Crippen molar-refractivity contribution in [3.8, 4) is 0 Å². The second-order valence-corrected chi connectivity index (χ2v) is 5.00. The van der Waals surface area contributed by atoms with Gasteiger partial charge in [0, 0.05) is 32.7 Å². The van der Waals surface area contributed by atoms with E-state index in [-0.39, 0.29) is 0 Å². The molecule has 0 unspecified atom stereocenters. The molecule has 15 heavy (non-hydrogen) atoms. The maximum Gasteiger partial charge on any atom is 0.0594 e. The number of piperidine rings is 1. The molecule has 88 valence electrons. The van der Waals surface area contributed by atoms with Gasteiger partial charge >= 0.3 is 0 Å². The van der Waals surface area contributed by atoms with Gasteiger partial charge in [0.05, 0.1) is 13.2 Å². The molecule has 0 aromatic rings. The van der Waals surface area contributed by atoms with Gasteiger partial charge in [0.2, 0.25) is 0 Å². The highest BCUT2D eigenvalue weighted by atomic mass is 16.5. The molecule has 0 N–H and O–H groups in total. The van der Waals surface area contributed by atoms with E-state index >= 15 is 0 Å². The fourth-order valence-corrected chi connectivity index (χ4v) is 2.60. The first-order chi connectivity index (χ1) is 7.34. The van der Waals surface area contributed by atoms with Crippen LogP contribution < -0.4 is 0 Å². The van der Waals surface area contributed by atoms with E-state index in [2.05, 4.69) is 16.7 Å². The van der Waals surface area contributed by atoms with E-state index in [4.69, 9.17) is 4.74 Å². The van der Waals surface area contributed by atoms with E-state index in [1.807, 2.05) is 0 Å². The minimum absolute atomic E-state index is 0.906. The average molecular weight is 212 g/mol. The van der Waals surface area contributed by atoms with Crippen molar-refractivity contribution in [3.05, 3.63) is 0 Å². The SMILES string of the molecule is C[C@@H]1CCCN(CCN2CCOCC2)C1. The Balaban J connectivity index is 1.63. The Hall–Kier alpha value is -0.120. The Morgan fingerprint density at radius 2 is 1.80 bits per heavy atom. The Kier molecular flexibility index (Phi) is 4.42. The van der Waals surface area contributed by atoms with Gasteiger partial charge in [-0.3, -0.25) is 4.90 Å². The number of hydrogen-bond donors (Lipinski definition) is 0. The Morgan fingerprint density at radius 3 is 2.53 bits per heavy atom. The second-order valence-electron chi connectivity index (χ2n) is 5.00. The van der Waals surface area contributed by atoms with Gasteiger partial charge in [0.1, 0.15) is 0 Å². The van der Waals surface area contributed by atoms with Crippen LogP contribution in [-0.2, 0) is 4.74 Å². The molecule has 2 saturated heterocycles. The average Bonchev–Trinajstić information content (AvgIpc) is 2.28. The first kappa shape index (κ1) is 11.4. The van der Waals surface area contributed by atoms with Gasteiger partial charge in [-0.2, -0.15) is 0 Å². The Morgan fingerprint density at radius 1 is 1.07 bits per heavy atom. The van der Waals surface area contributed by atoms with Crippen LogP contribution in [0.1, 0.15) is 19.8 Å². The third kappa shape index (κ3) is 3.74. The van der Waals surface area contributed by atoms with Gasteiger partial charge < -0.3 is 9.64 Å². The van der Waals surface area contributed by atoms with E-state index in [0.717, 1.165) is 32.2 Å². The predicted octanol–water partition coefficient (Wildman–Crippen LogP) is 1.05. The number of hydrogen-bond acceptors (Lipinski definition) is 3. The number of rotatable bonds is 3. The molecule has 2 aliphatic heterocycles. The highest BCUT2D eigenvalue weighted by Gasteiger charge is 2.17. The number of nitrogens with zero attached hydrogens (tertiary/aromatic N) is 2. The van der Waals surface area contributed by atoms with Gasteiger partial charge in [-0.05, 0) is 25.3 Å². The lowest BCUT2D eigenvalue weighted by molar-refractivity contribution is 0.0311. The molecule has 0 spiro atoms. The number of ether oxygens (including phenoxy) is 1. The zero-order valence-corrected chi connectivity index (χ0v) is 9.95. The summed E-state index contributed by atoms with van der Waals surface area (Å²) >= 11 is 0. The first-order valence-corrected chi connectivity index (χ1v) is 6.37. The Labute approximate surface area is 93.4 Å². The van der Waals surface area contributed by atoms with Crippen molar-refractivity contribution in [1.29, 1.82) is 0 Å². The number of likely N-dealkylation sites (tertiary alicyclic amines) is 1. The van der Waals surface area contributed by atoms with Crippen LogP contribution >= 0.6 is 0 Å². The summed E-state index contributed by atoms with van der Waals surface area (Å²) in [4.78, 5) is 5.16. The smallest absolute Gasteiger partial charge is 0.0594 e. The second kappa shape index (κ2) is 5.83. The lowest BCUT2D eigenvalue weighted by Crippen LogP contribution is -2.43. The molecule has 2 heterocycles. The van der Waals surface area contributed by atoms with Gasteiger partial charge in [-0.15, -0.1) is 0 Å². The largest absolute Gasteiger partial charge is 0.379 e. The lowest BCUT2D eigenvalue weighted by Gasteiger charge is -2.33. The monoisotopic (exact) mass is 212 g/mol. The summed E-state index contributed by atoms with van der Waals surface area (Å²) < 4.78 is 5.35. The fourth-order valence-electron chi connectivity index (χ4n) is 2.60. The maximum absolute atomic E-state index is 5.35. The van der Waals surface area contributed by atoms with Crippen molar-refractivity contribution in [1.82, 2.24) is 9.80 Å². The lowest BCUT2D eigenvalue weighted by atomic mass is 10.0. The molecular formula is C12H24N2O. The minimum atomic E-state index is 0.906. The molecule has 1 atom stereocenters. The summed E-state index contributed by atoms with van der Waals surface area (Å²) in [6.07, 6.45) is 2.82. The summed E-state index contributed by atoms with van der Waals surface area (Å²) in [7, 11) is 0. The minimum Gasteiger partial charge on any atom is -0.379 e. The molecule has 2 aliphatic rings. The normalized spacial score (nSPS) is 30.6. The van der Waals surface area contributed by atoms with Gasteiger partial charge in [0.25, 0.3) is 0 Å². The topological polar surface area (TPSA) is 15.7 Å². The van der Waals surface area contributed by atoms with Crippen molar-refractivity contribution in [3.63, 3.8) is 0 Å². The molecule has 0 aromatic heterocycles. The predicted molar refractivity (Wildman–Crippen MR) is 62.1 cm³/mol. The highest BCUT2D eigenvalue weighted by Crippen LogP contribution is 2.14. The standard InChI is InChI=1S/C12H24N2O/c1-12-3-2-4-14(11-12)6-5-13-7-9-15-10-8-13/h12H,2-11H2,1H3/t12-/m1/s1. The quantitative estimate of drug-likeness (QED) is 0.695. The summed E-state index contributed by atoms with van der Waals surface area (Å²) in [6.45, 7) is 11.6. The maximum atomic E-state index is 5.35. The molecule has 3 nitrogen and oxygen atoms in total. The molecular weight excluding hydrogens is 188 g/mol. The molecule has 0 radical (unpaired) electrons. The van der Waals surface area contributed by atoms with E-state index in [1.165, 1.54) is 39.0 Å². The van der Waals surface area contributed by atoms with Crippen LogP contribution in [0.25, 0.3) is 0 Å². The zero-order chi connectivity index (χ0) is 10.5. The first-order valence-electron chi connectivity index (χ1n) is 6.37. The number of morpholine rings is 1. The molecule has 0 aliphatic carbocycles. The van der Waals surface area contributed by atoms with Crippen molar-refractivity contribution in [2.75, 3.05) is 52.5 Å². The van der Waals surface area contributed by atoms with E-state index < -0.39 is 0 Å². The zero-order valence-electron chi connectivity index (χ0n) is 9.95. The van der Waals surface area contributed by atoms with Crippen LogP contribution in [0.4, 0.5) is 0 Å². The third-order valence-corrected chi connectivity index (χ3v) is 3.58. The van der Waals surface area contributed by atoms with Gasteiger partial charge in [0.15, 0.2) is 0 Å². The van der Waals surface area contributed by atoms with Crippen LogP contribution in [0.15, 0.2) is 0 Å². The summed E-state index contributed by atoms with van der Waals surface area (Å²) in [5.74, 6) is 0.906. The molecule has 3 heteroatoms. The molecule has 2 fully saturated rings. The van der Waals surface area contributed by atoms with Gasteiger partial charge in [-0.25, -0.2) is 0 Å². The molecule has 0 aromatic carbocycles. The highest BCUT2D eigenvalue weighted by molar-refractivity contribution is 4.72. The Bertz CT molecular complexity index is 180. The van der Waals surface area contributed by atoms with Crippen LogP contribution in [0.5, 0.6) is 0 Å². The van der Waals surface area contributed by atoms with E-state index in [9.17, 15) is 0 Å². The van der Waals surface area contributed by atoms with Crippen molar-refractivity contribution in [2.24, 2.45) is 5.92 Å².